The van der Waals surface area contributed by atoms with Gasteiger partial charge in [0.1, 0.15) is 0 Å². The summed E-state index contributed by atoms with van der Waals surface area (Å²) in [6, 6.07) is 9.57. The molecule has 0 saturated heterocycles. The number of carbonyl (C=O) groups excluding carboxylic acids is 1. The fourth-order valence-electron chi connectivity index (χ4n) is 2.00. The molecule has 0 aliphatic heterocycles. The largest absolute Gasteiger partial charge is 0.374 e. The molecule has 4 heteroatoms. The lowest BCUT2D eigenvalue weighted by molar-refractivity contribution is 0.101. The molecule has 1 heterocycles. The molecule has 0 saturated carbocycles. The van der Waals surface area contributed by atoms with Gasteiger partial charge in [-0.25, -0.2) is 0 Å². The Morgan fingerprint density at radius 1 is 1.25 bits per heavy atom. The van der Waals surface area contributed by atoms with Crippen LogP contribution in [-0.4, -0.2) is 24.4 Å². The Bertz CT molecular complexity index is 599. The molecule has 2 rings (SSSR count). The smallest absolute Gasteiger partial charge is 0.161 e. The van der Waals surface area contributed by atoms with Crippen LogP contribution in [0.4, 0.5) is 5.69 Å². The van der Waals surface area contributed by atoms with Crippen molar-refractivity contribution in [3.63, 3.8) is 0 Å². The van der Waals surface area contributed by atoms with Gasteiger partial charge in [0, 0.05) is 37.2 Å². The van der Waals surface area contributed by atoms with E-state index < -0.39 is 0 Å². The third-order valence-electron chi connectivity index (χ3n) is 3.26. The molecular weight excluding hydrogens is 272 g/mol. The molecule has 0 aliphatic carbocycles. The van der Waals surface area contributed by atoms with Crippen molar-refractivity contribution in [3.05, 3.63) is 58.9 Å². The fourth-order valence-corrected chi connectivity index (χ4v) is 2.31. The number of rotatable bonds is 5. The quantitative estimate of drug-likeness (QED) is 0.788. The van der Waals surface area contributed by atoms with E-state index >= 15 is 0 Å². The lowest BCUT2D eigenvalue weighted by atomic mass is 10.1. The van der Waals surface area contributed by atoms with Crippen molar-refractivity contribution in [1.82, 2.24) is 4.98 Å². The van der Waals surface area contributed by atoms with Crippen molar-refractivity contribution >= 4 is 23.1 Å². The second kappa shape index (κ2) is 6.53. The van der Waals surface area contributed by atoms with Gasteiger partial charge in [0.15, 0.2) is 5.78 Å². The zero-order valence-electron chi connectivity index (χ0n) is 11.6. The van der Waals surface area contributed by atoms with Crippen LogP contribution >= 0.6 is 11.6 Å². The molecule has 0 atom stereocenters. The summed E-state index contributed by atoms with van der Waals surface area (Å²) in [7, 11) is 2.01. The molecular formula is C16H17ClN2O. The Labute approximate surface area is 124 Å². The van der Waals surface area contributed by atoms with E-state index in [1.165, 1.54) is 12.5 Å². The molecule has 20 heavy (non-hydrogen) atoms. The van der Waals surface area contributed by atoms with Crippen molar-refractivity contribution in [2.45, 2.75) is 13.3 Å². The first-order chi connectivity index (χ1) is 9.58. The van der Waals surface area contributed by atoms with Crippen molar-refractivity contribution in [2.24, 2.45) is 0 Å². The molecule has 1 aromatic carbocycles. The van der Waals surface area contributed by atoms with E-state index in [1.54, 1.807) is 18.5 Å². The summed E-state index contributed by atoms with van der Waals surface area (Å²) in [4.78, 5) is 17.5. The average Bonchev–Trinajstić information content (AvgIpc) is 2.45. The zero-order chi connectivity index (χ0) is 14.5. The molecule has 2 aromatic rings. The number of likely N-dealkylation sites (N-methyl/N-ethyl adjacent to an activating group) is 1. The van der Waals surface area contributed by atoms with Gasteiger partial charge < -0.3 is 4.90 Å². The summed E-state index contributed by atoms with van der Waals surface area (Å²) >= 11 is 6.13. The normalized spacial score (nSPS) is 10.3. The summed E-state index contributed by atoms with van der Waals surface area (Å²) in [5, 5.41) is 0.505. The first-order valence-corrected chi connectivity index (χ1v) is 6.86. The molecule has 3 nitrogen and oxygen atoms in total. The van der Waals surface area contributed by atoms with Crippen LogP contribution in [0.2, 0.25) is 5.02 Å². The van der Waals surface area contributed by atoms with Crippen LogP contribution in [0.1, 0.15) is 22.8 Å². The van der Waals surface area contributed by atoms with Gasteiger partial charge in [-0.05, 0) is 49.2 Å². The summed E-state index contributed by atoms with van der Waals surface area (Å²) in [6.45, 7) is 2.40. The van der Waals surface area contributed by atoms with E-state index in [4.69, 9.17) is 11.6 Å². The van der Waals surface area contributed by atoms with E-state index in [2.05, 4.69) is 9.88 Å². The van der Waals surface area contributed by atoms with Crippen LogP contribution in [0.3, 0.4) is 0 Å². The van der Waals surface area contributed by atoms with Crippen LogP contribution in [-0.2, 0) is 6.42 Å². The average molecular weight is 289 g/mol. The topological polar surface area (TPSA) is 33.2 Å². The molecule has 1 aromatic heterocycles. The minimum Gasteiger partial charge on any atom is -0.374 e. The first kappa shape index (κ1) is 14.5. The lowest BCUT2D eigenvalue weighted by Gasteiger charge is -2.20. The predicted octanol–water partition coefficient (Wildman–Crippen LogP) is 3.62. The maximum Gasteiger partial charge on any atom is 0.161 e. The molecule has 0 spiro atoms. The Morgan fingerprint density at radius 3 is 2.55 bits per heavy atom. The summed E-state index contributed by atoms with van der Waals surface area (Å²) in [5.41, 5.74) is 2.82. The minimum atomic E-state index is -0.0130. The van der Waals surface area contributed by atoms with E-state index in [1.807, 2.05) is 31.3 Å². The number of aromatic nitrogens is 1. The van der Waals surface area contributed by atoms with Crippen LogP contribution in [0.5, 0.6) is 0 Å². The van der Waals surface area contributed by atoms with Crippen LogP contribution in [0, 0.1) is 0 Å². The van der Waals surface area contributed by atoms with Gasteiger partial charge in [0.2, 0.25) is 0 Å². The molecule has 0 radical (unpaired) electrons. The lowest BCUT2D eigenvalue weighted by Crippen LogP contribution is -2.20. The highest BCUT2D eigenvalue weighted by Crippen LogP contribution is 2.23. The first-order valence-electron chi connectivity index (χ1n) is 6.48. The van der Waals surface area contributed by atoms with Gasteiger partial charge in [0.25, 0.3) is 0 Å². The number of hydrogen-bond donors (Lipinski definition) is 0. The Morgan fingerprint density at radius 2 is 1.95 bits per heavy atom. The number of pyridine rings is 1. The van der Waals surface area contributed by atoms with Gasteiger partial charge in [-0.2, -0.15) is 0 Å². The summed E-state index contributed by atoms with van der Waals surface area (Å²) in [5.74, 6) is -0.0130. The molecule has 0 fully saturated rings. The number of halogens is 1. The van der Waals surface area contributed by atoms with E-state index in [0.29, 0.717) is 10.6 Å². The van der Waals surface area contributed by atoms with Gasteiger partial charge in [0.05, 0.1) is 5.02 Å². The van der Waals surface area contributed by atoms with Crippen molar-refractivity contribution in [2.75, 3.05) is 18.5 Å². The third-order valence-corrected chi connectivity index (χ3v) is 3.57. The van der Waals surface area contributed by atoms with Crippen molar-refractivity contribution in [3.8, 4) is 0 Å². The Kier molecular flexibility index (Phi) is 4.74. The van der Waals surface area contributed by atoms with E-state index in [0.717, 1.165) is 18.7 Å². The molecule has 0 N–H and O–H groups in total. The number of carbonyl (C=O) groups is 1. The summed E-state index contributed by atoms with van der Waals surface area (Å²) < 4.78 is 0. The second-order valence-corrected chi connectivity index (χ2v) is 5.15. The van der Waals surface area contributed by atoms with Crippen LogP contribution in [0.25, 0.3) is 0 Å². The molecule has 0 amide bonds. The number of nitrogens with zero attached hydrogens (tertiary/aromatic N) is 2. The fraction of sp³-hybridized carbons (Fsp3) is 0.250. The molecule has 0 bridgehead atoms. The number of hydrogen-bond acceptors (Lipinski definition) is 3. The molecule has 0 unspecified atom stereocenters. The third kappa shape index (κ3) is 3.58. The van der Waals surface area contributed by atoms with Crippen molar-refractivity contribution < 1.29 is 4.79 Å². The van der Waals surface area contributed by atoms with Gasteiger partial charge >= 0.3 is 0 Å². The van der Waals surface area contributed by atoms with Gasteiger partial charge in [-0.3, -0.25) is 9.78 Å². The van der Waals surface area contributed by atoms with E-state index in [-0.39, 0.29) is 5.78 Å². The molecule has 0 aliphatic rings. The number of benzene rings is 1. The second-order valence-electron chi connectivity index (χ2n) is 4.75. The van der Waals surface area contributed by atoms with Gasteiger partial charge in [-0.1, -0.05) is 11.6 Å². The number of Topliss-reactive ketones (excluding diaryl/α,β-unsaturated/α-hetero) is 1. The maximum absolute atomic E-state index is 11.4. The Balaban J connectivity index is 2.04. The predicted molar refractivity (Wildman–Crippen MR) is 82.7 cm³/mol. The Hall–Kier alpha value is -1.87. The summed E-state index contributed by atoms with van der Waals surface area (Å²) in [6.07, 6.45) is 4.53. The SMILES string of the molecule is CC(=O)c1ccc(N(C)CCc2ccncc2)cc1Cl. The number of ketones is 1. The zero-order valence-corrected chi connectivity index (χ0v) is 12.4. The van der Waals surface area contributed by atoms with Crippen LogP contribution < -0.4 is 4.90 Å². The standard InChI is InChI=1S/C16H17ClN2O/c1-12(20)15-4-3-14(11-16(15)17)19(2)10-7-13-5-8-18-9-6-13/h3-6,8-9,11H,7,10H2,1-2H3. The van der Waals surface area contributed by atoms with E-state index in [9.17, 15) is 4.79 Å². The molecule has 104 valence electrons. The highest BCUT2D eigenvalue weighted by atomic mass is 35.5. The maximum atomic E-state index is 11.4. The number of anilines is 1. The van der Waals surface area contributed by atoms with Crippen LogP contribution in [0.15, 0.2) is 42.7 Å². The minimum absolute atomic E-state index is 0.0130. The van der Waals surface area contributed by atoms with Gasteiger partial charge in [-0.15, -0.1) is 0 Å². The highest BCUT2D eigenvalue weighted by molar-refractivity contribution is 6.34. The highest BCUT2D eigenvalue weighted by Gasteiger charge is 2.08. The monoisotopic (exact) mass is 288 g/mol. The van der Waals surface area contributed by atoms with Crippen molar-refractivity contribution in [1.29, 1.82) is 0 Å².